The largest absolute Gasteiger partial charge is 0.478 e. The van der Waals surface area contributed by atoms with E-state index in [0.29, 0.717) is 11.0 Å². The molecule has 0 spiro atoms. The van der Waals surface area contributed by atoms with Crippen LogP contribution in [0.15, 0.2) is 12.1 Å². The highest BCUT2D eigenvalue weighted by molar-refractivity contribution is 9.08. The molecule has 70 valence electrons. The fraction of sp³-hybridized carbons (Fsp3) is 0.125. The van der Waals surface area contributed by atoms with Crippen LogP contribution in [0.5, 0.6) is 0 Å². The summed E-state index contributed by atoms with van der Waals surface area (Å²) in [6.07, 6.45) is 0. The van der Waals surface area contributed by atoms with Gasteiger partial charge in [-0.1, -0.05) is 15.9 Å². The number of halogens is 1. The van der Waals surface area contributed by atoms with Gasteiger partial charge in [-0.15, -0.1) is 0 Å². The number of aromatic carboxylic acids is 1. The van der Waals surface area contributed by atoms with Crippen molar-refractivity contribution in [2.75, 3.05) is 11.5 Å². The maximum Gasteiger partial charge on any atom is 0.337 e. The van der Waals surface area contributed by atoms with Crippen molar-refractivity contribution in [1.29, 1.82) is 0 Å². The van der Waals surface area contributed by atoms with Gasteiger partial charge in [0, 0.05) is 5.33 Å². The van der Waals surface area contributed by atoms with Crippen molar-refractivity contribution in [3.8, 4) is 0 Å². The molecule has 0 aliphatic rings. The quantitative estimate of drug-likeness (QED) is 0.543. The summed E-state index contributed by atoms with van der Waals surface area (Å²) < 4.78 is 0. The highest BCUT2D eigenvalue weighted by Crippen LogP contribution is 2.23. The topological polar surface area (TPSA) is 89.3 Å². The van der Waals surface area contributed by atoms with E-state index >= 15 is 0 Å². The van der Waals surface area contributed by atoms with Crippen LogP contribution in [0.4, 0.5) is 11.4 Å². The summed E-state index contributed by atoms with van der Waals surface area (Å²) in [6, 6.07) is 3.15. The lowest BCUT2D eigenvalue weighted by Crippen LogP contribution is -2.06. The molecule has 0 atom stereocenters. The summed E-state index contributed by atoms with van der Waals surface area (Å²) >= 11 is 3.21. The first kappa shape index (κ1) is 9.85. The Morgan fingerprint density at radius 2 is 2.08 bits per heavy atom. The predicted octanol–water partition coefficient (Wildman–Crippen LogP) is 1.44. The smallest absolute Gasteiger partial charge is 0.337 e. The van der Waals surface area contributed by atoms with E-state index in [9.17, 15) is 4.79 Å². The number of nitrogen functional groups attached to an aromatic ring is 2. The zero-order chi connectivity index (χ0) is 10.0. The summed E-state index contributed by atoms with van der Waals surface area (Å²) in [5.41, 5.74) is 12.3. The van der Waals surface area contributed by atoms with Gasteiger partial charge in [-0.2, -0.15) is 0 Å². The lowest BCUT2D eigenvalue weighted by atomic mass is 10.1. The molecule has 0 aromatic heterocycles. The van der Waals surface area contributed by atoms with E-state index in [2.05, 4.69) is 15.9 Å². The fourth-order valence-corrected chi connectivity index (χ4v) is 1.32. The zero-order valence-corrected chi connectivity index (χ0v) is 8.34. The standard InChI is InChI=1S/C8H9BrN2O2/c9-3-4-1-5(8(12)13)7(11)6(10)2-4/h1-2H,3,10-11H2,(H,12,13). The van der Waals surface area contributed by atoms with Gasteiger partial charge in [0.15, 0.2) is 0 Å². The van der Waals surface area contributed by atoms with Crippen LogP contribution < -0.4 is 11.5 Å². The monoisotopic (exact) mass is 244 g/mol. The second-order valence-corrected chi connectivity index (χ2v) is 3.15. The van der Waals surface area contributed by atoms with Crippen molar-refractivity contribution < 1.29 is 9.90 Å². The number of hydrogen-bond donors (Lipinski definition) is 3. The molecule has 1 aromatic rings. The molecule has 0 aliphatic carbocycles. The minimum absolute atomic E-state index is 0.0504. The molecule has 0 unspecified atom stereocenters. The van der Waals surface area contributed by atoms with Crippen molar-refractivity contribution in [3.05, 3.63) is 23.3 Å². The Morgan fingerprint density at radius 3 is 2.54 bits per heavy atom. The van der Waals surface area contributed by atoms with Crippen LogP contribution in [-0.4, -0.2) is 11.1 Å². The van der Waals surface area contributed by atoms with Crippen LogP contribution >= 0.6 is 15.9 Å². The average molecular weight is 245 g/mol. The Bertz CT molecular complexity index is 352. The van der Waals surface area contributed by atoms with Crippen LogP contribution in [0.3, 0.4) is 0 Å². The van der Waals surface area contributed by atoms with Crippen LogP contribution in [0.2, 0.25) is 0 Å². The Labute approximate surface area is 83.7 Å². The van der Waals surface area contributed by atoms with E-state index in [0.717, 1.165) is 5.56 Å². The molecule has 5 N–H and O–H groups in total. The third-order valence-electron chi connectivity index (χ3n) is 1.66. The zero-order valence-electron chi connectivity index (χ0n) is 6.75. The molecule has 5 heteroatoms. The van der Waals surface area contributed by atoms with Crippen LogP contribution in [-0.2, 0) is 5.33 Å². The van der Waals surface area contributed by atoms with Crippen molar-refractivity contribution in [3.63, 3.8) is 0 Å². The highest BCUT2D eigenvalue weighted by Gasteiger charge is 2.11. The molecule has 0 aliphatic heterocycles. The second kappa shape index (κ2) is 3.66. The molecule has 0 heterocycles. The van der Waals surface area contributed by atoms with E-state index in [1.807, 2.05) is 0 Å². The van der Waals surface area contributed by atoms with Crippen molar-refractivity contribution >= 4 is 33.3 Å². The molecule has 0 saturated carbocycles. The lowest BCUT2D eigenvalue weighted by Gasteiger charge is -2.06. The van der Waals surface area contributed by atoms with E-state index < -0.39 is 5.97 Å². The average Bonchev–Trinajstić information content (AvgIpc) is 2.09. The number of alkyl halides is 1. The minimum atomic E-state index is -1.06. The summed E-state index contributed by atoms with van der Waals surface area (Å²) in [5, 5.41) is 9.31. The maximum absolute atomic E-state index is 10.7. The lowest BCUT2D eigenvalue weighted by molar-refractivity contribution is 0.0698. The molecule has 0 amide bonds. The third kappa shape index (κ3) is 1.92. The molecule has 1 aromatic carbocycles. The maximum atomic E-state index is 10.7. The van der Waals surface area contributed by atoms with Gasteiger partial charge in [0.2, 0.25) is 0 Å². The van der Waals surface area contributed by atoms with Crippen LogP contribution in [0, 0.1) is 0 Å². The van der Waals surface area contributed by atoms with Gasteiger partial charge in [-0.25, -0.2) is 4.79 Å². The summed E-state index contributed by atoms with van der Waals surface area (Å²) in [6.45, 7) is 0. The molecule has 13 heavy (non-hydrogen) atoms. The van der Waals surface area contributed by atoms with Crippen molar-refractivity contribution in [2.24, 2.45) is 0 Å². The first-order valence-electron chi connectivity index (χ1n) is 3.53. The predicted molar refractivity (Wildman–Crippen MR) is 54.9 cm³/mol. The fourth-order valence-electron chi connectivity index (χ4n) is 0.992. The van der Waals surface area contributed by atoms with Crippen molar-refractivity contribution in [1.82, 2.24) is 0 Å². The van der Waals surface area contributed by atoms with E-state index in [-0.39, 0.29) is 11.3 Å². The molecule has 4 nitrogen and oxygen atoms in total. The number of anilines is 2. The van der Waals surface area contributed by atoms with Gasteiger partial charge in [-0.05, 0) is 17.7 Å². The molecule has 0 saturated heterocycles. The summed E-state index contributed by atoms with van der Waals surface area (Å²) in [7, 11) is 0. The van der Waals surface area contributed by atoms with Gasteiger partial charge in [0.1, 0.15) is 0 Å². The molecular weight excluding hydrogens is 236 g/mol. The normalized spacial score (nSPS) is 9.92. The van der Waals surface area contributed by atoms with Crippen LogP contribution in [0.1, 0.15) is 15.9 Å². The number of hydrogen-bond acceptors (Lipinski definition) is 3. The number of carbonyl (C=O) groups is 1. The summed E-state index contributed by atoms with van der Waals surface area (Å²) in [5.74, 6) is -1.06. The number of carboxylic acids is 1. The number of rotatable bonds is 2. The first-order chi connectivity index (χ1) is 6.06. The van der Waals surface area contributed by atoms with Gasteiger partial charge in [0.05, 0.1) is 16.9 Å². The molecule has 1 rings (SSSR count). The Hall–Kier alpha value is -1.23. The van der Waals surface area contributed by atoms with Gasteiger partial charge >= 0.3 is 5.97 Å². The first-order valence-corrected chi connectivity index (χ1v) is 4.65. The van der Waals surface area contributed by atoms with Gasteiger partial charge < -0.3 is 16.6 Å². The SMILES string of the molecule is Nc1cc(CBr)cc(C(=O)O)c1N. The third-order valence-corrected chi connectivity index (χ3v) is 2.30. The van der Waals surface area contributed by atoms with E-state index in [1.165, 1.54) is 6.07 Å². The van der Waals surface area contributed by atoms with Crippen molar-refractivity contribution in [2.45, 2.75) is 5.33 Å². The number of carboxylic acid groups (broad SMARTS) is 1. The van der Waals surface area contributed by atoms with Crippen LogP contribution in [0.25, 0.3) is 0 Å². The molecular formula is C8H9BrN2O2. The Balaban J connectivity index is 3.33. The Kier molecular flexibility index (Phi) is 2.77. The molecule has 0 bridgehead atoms. The van der Waals surface area contributed by atoms with E-state index in [4.69, 9.17) is 16.6 Å². The Morgan fingerprint density at radius 1 is 1.46 bits per heavy atom. The number of benzene rings is 1. The molecule has 0 fully saturated rings. The van der Waals surface area contributed by atoms with E-state index in [1.54, 1.807) is 6.07 Å². The molecule has 0 radical (unpaired) electrons. The van der Waals surface area contributed by atoms with Gasteiger partial charge in [0.25, 0.3) is 0 Å². The highest BCUT2D eigenvalue weighted by atomic mass is 79.9. The second-order valence-electron chi connectivity index (χ2n) is 2.59. The number of nitrogens with two attached hydrogens (primary N) is 2. The summed E-state index contributed by atoms with van der Waals surface area (Å²) in [4.78, 5) is 10.7. The van der Waals surface area contributed by atoms with Gasteiger partial charge in [-0.3, -0.25) is 0 Å². The minimum Gasteiger partial charge on any atom is -0.478 e.